The molecular formula is C15H13Cl2N7OS2. The van der Waals surface area contributed by atoms with E-state index in [0.29, 0.717) is 20.9 Å². The third-order valence-electron chi connectivity index (χ3n) is 3.10. The number of anilines is 2. The molecule has 0 unspecified atom stereocenters. The van der Waals surface area contributed by atoms with Crippen molar-refractivity contribution in [2.45, 2.75) is 5.16 Å². The van der Waals surface area contributed by atoms with Crippen LogP contribution in [-0.2, 0) is 4.79 Å². The Balaban J connectivity index is 1.54. The lowest BCUT2D eigenvalue weighted by atomic mass is 10.3. The van der Waals surface area contributed by atoms with Gasteiger partial charge in [0, 0.05) is 9.90 Å². The lowest BCUT2D eigenvalue weighted by Crippen LogP contribution is -2.17. The summed E-state index contributed by atoms with van der Waals surface area (Å²) in [6.45, 7) is 0. The number of carbonyl (C=O) groups excluding carboxylic acids is 1. The molecule has 0 aliphatic carbocycles. The second kappa shape index (κ2) is 9.09. The maximum atomic E-state index is 12.1. The molecule has 0 bridgehead atoms. The molecule has 140 valence electrons. The van der Waals surface area contributed by atoms with Gasteiger partial charge in [0.2, 0.25) is 11.1 Å². The monoisotopic (exact) mass is 441 g/mol. The second-order valence-electron chi connectivity index (χ2n) is 5.02. The molecule has 0 spiro atoms. The summed E-state index contributed by atoms with van der Waals surface area (Å²) in [6.07, 6.45) is 1.65. The van der Waals surface area contributed by atoms with E-state index in [9.17, 15) is 4.79 Å². The van der Waals surface area contributed by atoms with E-state index in [1.165, 1.54) is 4.68 Å². The van der Waals surface area contributed by atoms with E-state index in [1.807, 2.05) is 17.5 Å². The first-order valence-electron chi connectivity index (χ1n) is 7.43. The summed E-state index contributed by atoms with van der Waals surface area (Å²) >= 11 is 14.6. The standard InChI is InChI=1S/C15H13Cl2N7OS2/c16-9-3-4-11(17)12(6-9)20-13(25)8-27-15-23-22-14(24(15)18)21-19-7-10-2-1-5-26-10/h1-7H,8,18H2,(H,20,25)(H,21,22)/b19-7+. The molecular weight excluding hydrogens is 429 g/mol. The number of thiophene rings is 1. The quantitative estimate of drug-likeness (QED) is 0.224. The Morgan fingerprint density at radius 1 is 1.37 bits per heavy atom. The molecule has 0 saturated heterocycles. The SMILES string of the molecule is Nn1c(N/N=C/c2cccs2)nnc1SCC(=O)Nc1cc(Cl)ccc1Cl. The molecule has 4 N–H and O–H groups in total. The molecule has 0 fully saturated rings. The van der Waals surface area contributed by atoms with E-state index in [1.54, 1.807) is 35.8 Å². The summed E-state index contributed by atoms with van der Waals surface area (Å²) in [5, 5.41) is 17.7. The van der Waals surface area contributed by atoms with E-state index < -0.39 is 0 Å². The van der Waals surface area contributed by atoms with Crippen LogP contribution < -0.4 is 16.6 Å². The number of carbonyl (C=O) groups is 1. The van der Waals surface area contributed by atoms with Crippen LogP contribution in [0, 0.1) is 0 Å². The zero-order valence-electron chi connectivity index (χ0n) is 13.6. The van der Waals surface area contributed by atoms with E-state index in [2.05, 4.69) is 26.0 Å². The Hall–Kier alpha value is -2.27. The van der Waals surface area contributed by atoms with E-state index in [-0.39, 0.29) is 17.6 Å². The highest BCUT2D eigenvalue weighted by Crippen LogP contribution is 2.26. The molecule has 2 heterocycles. The zero-order valence-corrected chi connectivity index (χ0v) is 16.7. The fraction of sp³-hybridized carbons (Fsp3) is 0.0667. The first kappa shape index (κ1) is 19.5. The number of benzene rings is 1. The van der Waals surface area contributed by atoms with Gasteiger partial charge in [-0.15, -0.1) is 21.5 Å². The predicted octanol–water partition coefficient (Wildman–Crippen LogP) is 3.54. The highest BCUT2D eigenvalue weighted by molar-refractivity contribution is 7.99. The minimum Gasteiger partial charge on any atom is -0.334 e. The van der Waals surface area contributed by atoms with Gasteiger partial charge < -0.3 is 11.2 Å². The maximum Gasteiger partial charge on any atom is 0.264 e. The first-order valence-corrected chi connectivity index (χ1v) is 10.1. The molecule has 0 saturated carbocycles. The number of thioether (sulfide) groups is 1. The van der Waals surface area contributed by atoms with Gasteiger partial charge in [0.25, 0.3) is 5.95 Å². The Kier molecular flexibility index (Phi) is 6.56. The predicted molar refractivity (Wildman–Crippen MR) is 112 cm³/mol. The van der Waals surface area contributed by atoms with Crippen LogP contribution in [0.25, 0.3) is 0 Å². The zero-order chi connectivity index (χ0) is 19.2. The van der Waals surface area contributed by atoms with Gasteiger partial charge in [-0.05, 0) is 29.6 Å². The number of hydrogen-bond acceptors (Lipinski definition) is 8. The third-order valence-corrected chi connectivity index (χ3v) is 5.41. The number of nitrogens with one attached hydrogen (secondary N) is 2. The van der Waals surface area contributed by atoms with Crippen molar-refractivity contribution in [2.24, 2.45) is 5.10 Å². The maximum absolute atomic E-state index is 12.1. The smallest absolute Gasteiger partial charge is 0.264 e. The van der Waals surface area contributed by atoms with E-state index in [0.717, 1.165) is 16.6 Å². The van der Waals surface area contributed by atoms with Crippen LogP contribution in [0.15, 0.2) is 46.0 Å². The number of hydrazone groups is 1. The number of halogens is 2. The molecule has 2 aromatic heterocycles. The molecule has 1 aromatic carbocycles. The number of amides is 1. The number of rotatable bonds is 7. The van der Waals surface area contributed by atoms with Gasteiger partial charge in [-0.3, -0.25) is 4.79 Å². The summed E-state index contributed by atoms with van der Waals surface area (Å²) in [6, 6.07) is 8.67. The van der Waals surface area contributed by atoms with Gasteiger partial charge in [0.05, 0.1) is 22.7 Å². The Morgan fingerprint density at radius 2 is 2.22 bits per heavy atom. The summed E-state index contributed by atoms with van der Waals surface area (Å²) in [5.74, 6) is 5.95. The lowest BCUT2D eigenvalue weighted by molar-refractivity contribution is -0.113. The van der Waals surface area contributed by atoms with Crippen LogP contribution in [0.1, 0.15) is 4.88 Å². The topological polar surface area (TPSA) is 110 Å². The summed E-state index contributed by atoms with van der Waals surface area (Å²) < 4.78 is 1.22. The number of nitrogen functional groups attached to an aromatic ring is 1. The van der Waals surface area contributed by atoms with Crippen molar-refractivity contribution in [3.63, 3.8) is 0 Å². The largest absolute Gasteiger partial charge is 0.334 e. The average Bonchev–Trinajstić information content (AvgIpc) is 3.27. The Bertz CT molecular complexity index is 959. The van der Waals surface area contributed by atoms with E-state index >= 15 is 0 Å². The van der Waals surface area contributed by atoms with Crippen molar-refractivity contribution in [3.8, 4) is 0 Å². The van der Waals surface area contributed by atoms with Crippen molar-refractivity contribution in [2.75, 3.05) is 22.3 Å². The van der Waals surface area contributed by atoms with Crippen LogP contribution in [0.5, 0.6) is 0 Å². The first-order chi connectivity index (χ1) is 13.0. The number of nitrogens with zero attached hydrogens (tertiary/aromatic N) is 4. The Labute approximate surface area is 172 Å². The molecule has 8 nitrogen and oxygen atoms in total. The number of hydrogen-bond donors (Lipinski definition) is 3. The molecule has 3 rings (SSSR count). The van der Waals surface area contributed by atoms with Gasteiger partial charge in [0.1, 0.15) is 0 Å². The van der Waals surface area contributed by atoms with Gasteiger partial charge >= 0.3 is 0 Å². The molecule has 27 heavy (non-hydrogen) atoms. The highest BCUT2D eigenvalue weighted by Gasteiger charge is 2.13. The molecule has 1 amide bonds. The minimum absolute atomic E-state index is 0.0661. The molecule has 0 aliphatic heterocycles. The third kappa shape index (κ3) is 5.36. The average molecular weight is 442 g/mol. The van der Waals surface area contributed by atoms with Crippen LogP contribution in [0.2, 0.25) is 10.0 Å². The fourth-order valence-electron chi connectivity index (χ4n) is 1.88. The van der Waals surface area contributed by atoms with Gasteiger partial charge in [0.15, 0.2) is 0 Å². The number of aromatic nitrogens is 3. The molecule has 3 aromatic rings. The normalized spacial score (nSPS) is 11.0. The second-order valence-corrected chi connectivity index (χ2v) is 7.79. The van der Waals surface area contributed by atoms with Crippen molar-refractivity contribution in [1.82, 2.24) is 14.9 Å². The van der Waals surface area contributed by atoms with Gasteiger partial charge in [-0.25, -0.2) is 10.1 Å². The van der Waals surface area contributed by atoms with Crippen molar-refractivity contribution in [1.29, 1.82) is 0 Å². The van der Waals surface area contributed by atoms with Crippen molar-refractivity contribution < 1.29 is 4.79 Å². The number of nitrogens with two attached hydrogens (primary N) is 1. The minimum atomic E-state index is -0.280. The Morgan fingerprint density at radius 3 is 3.00 bits per heavy atom. The summed E-state index contributed by atoms with van der Waals surface area (Å²) in [5.41, 5.74) is 3.15. The van der Waals surface area contributed by atoms with Crippen molar-refractivity contribution in [3.05, 3.63) is 50.6 Å². The van der Waals surface area contributed by atoms with Crippen LogP contribution in [-0.4, -0.2) is 32.7 Å². The molecule has 12 heteroatoms. The lowest BCUT2D eigenvalue weighted by Gasteiger charge is -2.07. The van der Waals surface area contributed by atoms with Gasteiger partial charge in [-0.2, -0.15) is 5.10 Å². The van der Waals surface area contributed by atoms with Crippen LogP contribution in [0.3, 0.4) is 0 Å². The summed E-state index contributed by atoms with van der Waals surface area (Å²) in [4.78, 5) is 13.1. The highest BCUT2D eigenvalue weighted by atomic mass is 35.5. The van der Waals surface area contributed by atoms with Gasteiger partial charge in [-0.1, -0.05) is 41.0 Å². The molecule has 0 radical (unpaired) electrons. The van der Waals surface area contributed by atoms with Crippen LogP contribution in [0.4, 0.5) is 11.6 Å². The van der Waals surface area contributed by atoms with E-state index in [4.69, 9.17) is 29.0 Å². The fourth-order valence-corrected chi connectivity index (χ4v) is 3.46. The van der Waals surface area contributed by atoms with Crippen LogP contribution >= 0.6 is 46.3 Å². The molecule has 0 aliphatic rings. The summed E-state index contributed by atoms with van der Waals surface area (Å²) in [7, 11) is 0. The van der Waals surface area contributed by atoms with Crippen molar-refractivity contribution >= 4 is 70.1 Å². The molecule has 0 atom stereocenters.